The fourth-order valence-electron chi connectivity index (χ4n) is 1.64. The zero-order valence-electron chi connectivity index (χ0n) is 11.8. The van der Waals surface area contributed by atoms with Crippen LogP contribution in [-0.4, -0.2) is 38.7 Å². The standard InChI is InChI=1S/C12H17N3O5/c1-12(2,3)14(11(16)17)7-8-5-9(15(18)19)6-13-10(8)20-4/h5-6H,7H2,1-4H3,(H,16,17). The first-order chi connectivity index (χ1) is 9.16. The first-order valence-electron chi connectivity index (χ1n) is 5.84. The minimum Gasteiger partial charge on any atom is -0.481 e. The molecule has 0 aromatic carbocycles. The number of carbonyl (C=O) groups is 1. The molecule has 20 heavy (non-hydrogen) atoms. The van der Waals surface area contributed by atoms with Gasteiger partial charge in [0.05, 0.1) is 18.6 Å². The molecule has 0 saturated heterocycles. The lowest BCUT2D eigenvalue weighted by atomic mass is 10.1. The molecule has 0 atom stereocenters. The lowest BCUT2D eigenvalue weighted by molar-refractivity contribution is -0.385. The van der Waals surface area contributed by atoms with Gasteiger partial charge < -0.3 is 9.84 Å². The average molecular weight is 283 g/mol. The summed E-state index contributed by atoms with van der Waals surface area (Å²) in [5.41, 5.74) is -0.513. The minimum absolute atomic E-state index is 0.0450. The molecule has 0 saturated carbocycles. The lowest BCUT2D eigenvalue weighted by Gasteiger charge is -2.33. The fourth-order valence-corrected chi connectivity index (χ4v) is 1.64. The van der Waals surface area contributed by atoms with Gasteiger partial charge in [0.15, 0.2) is 0 Å². The van der Waals surface area contributed by atoms with E-state index in [1.54, 1.807) is 20.8 Å². The maximum Gasteiger partial charge on any atom is 0.408 e. The molecule has 1 heterocycles. The number of ether oxygens (including phenoxy) is 1. The van der Waals surface area contributed by atoms with Crippen LogP contribution in [0.25, 0.3) is 0 Å². The van der Waals surface area contributed by atoms with Crippen molar-refractivity contribution in [1.82, 2.24) is 9.88 Å². The quantitative estimate of drug-likeness (QED) is 0.671. The Hall–Kier alpha value is -2.38. The first kappa shape index (κ1) is 15.7. The summed E-state index contributed by atoms with van der Waals surface area (Å²) in [6.07, 6.45) is -0.0455. The lowest BCUT2D eigenvalue weighted by Crippen LogP contribution is -2.44. The van der Waals surface area contributed by atoms with Crippen molar-refractivity contribution in [2.45, 2.75) is 32.9 Å². The van der Waals surface area contributed by atoms with Crippen LogP contribution in [-0.2, 0) is 6.54 Å². The Bertz CT molecular complexity index is 524. The van der Waals surface area contributed by atoms with E-state index in [-0.39, 0.29) is 18.1 Å². The van der Waals surface area contributed by atoms with Crippen molar-refractivity contribution in [2.75, 3.05) is 7.11 Å². The van der Waals surface area contributed by atoms with Gasteiger partial charge >= 0.3 is 6.09 Å². The summed E-state index contributed by atoms with van der Waals surface area (Å²) in [7, 11) is 1.37. The molecular formula is C12H17N3O5. The third-order valence-corrected chi connectivity index (χ3v) is 2.68. The third-order valence-electron chi connectivity index (χ3n) is 2.68. The van der Waals surface area contributed by atoms with Crippen LogP contribution in [0.2, 0.25) is 0 Å². The SMILES string of the molecule is COc1ncc([N+](=O)[O-])cc1CN(C(=O)O)C(C)(C)C. The Kier molecular flexibility index (Phi) is 4.49. The summed E-state index contributed by atoms with van der Waals surface area (Å²) in [4.78, 5) is 26.5. The van der Waals surface area contributed by atoms with Crippen LogP contribution in [0.5, 0.6) is 5.88 Å². The molecule has 0 spiro atoms. The van der Waals surface area contributed by atoms with Gasteiger partial charge in [0.1, 0.15) is 6.20 Å². The Labute approximate surface area is 116 Å². The summed E-state index contributed by atoms with van der Waals surface area (Å²) in [5.74, 6) is 0.172. The van der Waals surface area contributed by atoms with Crippen molar-refractivity contribution in [3.63, 3.8) is 0 Å². The van der Waals surface area contributed by atoms with Gasteiger partial charge in [-0.05, 0) is 20.8 Å². The Balaban J connectivity index is 3.20. The highest BCUT2D eigenvalue weighted by Crippen LogP contribution is 2.25. The minimum atomic E-state index is -1.12. The van der Waals surface area contributed by atoms with Crippen molar-refractivity contribution in [2.24, 2.45) is 0 Å². The topological polar surface area (TPSA) is 106 Å². The highest BCUT2D eigenvalue weighted by molar-refractivity contribution is 5.66. The van der Waals surface area contributed by atoms with E-state index >= 15 is 0 Å². The number of amides is 1. The van der Waals surface area contributed by atoms with Crippen LogP contribution in [0, 0.1) is 10.1 Å². The van der Waals surface area contributed by atoms with Crippen LogP contribution in [0.3, 0.4) is 0 Å². The van der Waals surface area contributed by atoms with Crippen molar-refractivity contribution < 1.29 is 19.6 Å². The zero-order chi connectivity index (χ0) is 15.5. The summed E-state index contributed by atoms with van der Waals surface area (Å²) < 4.78 is 5.02. The molecule has 110 valence electrons. The molecule has 1 rings (SSSR count). The monoisotopic (exact) mass is 283 g/mol. The predicted octanol–water partition coefficient (Wildman–Crippen LogP) is 2.28. The molecule has 0 aliphatic carbocycles. The number of carboxylic acid groups (broad SMARTS) is 1. The fraction of sp³-hybridized carbons (Fsp3) is 0.500. The molecule has 0 bridgehead atoms. The van der Waals surface area contributed by atoms with Gasteiger partial charge in [-0.2, -0.15) is 0 Å². The van der Waals surface area contributed by atoms with E-state index in [4.69, 9.17) is 4.74 Å². The number of nitro groups is 1. The van der Waals surface area contributed by atoms with Gasteiger partial charge in [0.2, 0.25) is 5.88 Å². The molecule has 1 N–H and O–H groups in total. The predicted molar refractivity (Wildman–Crippen MR) is 70.8 cm³/mol. The largest absolute Gasteiger partial charge is 0.481 e. The highest BCUT2D eigenvalue weighted by Gasteiger charge is 2.28. The molecule has 0 aliphatic rings. The number of hydrogen-bond donors (Lipinski definition) is 1. The van der Waals surface area contributed by atoms with E-state index in [0.717, 1.165) is 11.1 Å². The van der Waals surface area contributed by atoms with Crippen LogP contribution in [0.15, 0.2) is 12.3 Å². The average Bonchev–Trinajstić information content (AvgIpc) is 2.33. The smallest absolute Gasteiger partial charge is 0.408 e. The summed E-state index contributed by atoms with van der Waals surface area (Å²) in [5, 5.41) is 20.0. The molecular weight excluding hydrogens is 266 g/mol. The second-order valence-corrected chi connectivity index (χ2v) is 5.16. The van der Waals surface area contributed by atoms with Gasteiger partial charge in [0, 0.05) is 17.2 Å². The van der Waals surface area contributed by atoms with E-state index < -0.39 is 16.6 Å². The van der Waals surface area contributed by atoms with Crippen molar-refractivity contribution in [3.8, 4) is 5.88 Å². The van der Waals surface area contributed by atoms with Crippen molar-refractivity contribution >= 4 is 11.8 Å². The normalized spacial score (nSPS) is 11.0. The second-order valence-electron chi connectivity index (χ2n) is 5.16. The van der Waals surface area contributed by atoms with E-state index in [2.05, 4.69) is 4.98 Å². The molecule has 8 nitrogen and oxygen atoms in total. The molecule has 8 heteroatoms. The molecule has 0 unspecified atom stereocenters. The molecule has 0 fully saturated rings. The van der Waals surface area contributed by atoms with Gasteiger partial charge in [-0.15, -0.1) is 0 Å². The van der Waals surface area contributed by atoms with E-state index in [9.17, 15) is 20.0 Å². The van der Waals surface area contributed by atoms with Crippen LogP contribution in [0.4, 0.5) is 10.5 Å². The molecule has 1 aromatic heterocycles. The third kappa shape index (κ3) is 3.56. The van der Waals surface area contributed by atoms with Gasteiger partial charge in [0.25, 0.3) is 5.69 Å². The highest BCUT2D eigenvalue weighted by atomic mass is 16.6. The molecule has 1 aromatic rings. The van der Waals surface area contributed by atoms with Crippen molar-refractivity contribution in [3.05, 3.63) is 27.9 Å². The van der Waals surface area contributed by atoms with Gasteiger partial charge in [-0.3, -0.25) is 15.0 Å². The number of methoxy groups -OCH3 is 1. The number of nitrogens with zero attached hydrogens (tertiary/aromatic N) is 3. The Morgan fingerprint density at radius 1 is 1.55 bits per heavy atom. The second kappa shape index (κ2) is 5.72. The number of aromatic nitrogens is 1. The van der Waals surface area contributed by atoms with E-state index in [0.29, 0.717) is 5.56 Å². The first-order valence-corrected chi connectivity index (χ1v) is 5.84. The Morgan fingerprint density at radius 2 is 2.15 bits per heavy atom. The number of hydrogen-bond acceptors (Lipinski definition) is 5. The van der Waals surface area contributed by atoms with Crippen LogP contribution in [0.1, 0.15) is 26.3 Å². The van der Waals surface area contributed by atoms with Crippen LogP contribution >= 0.6 is 0 Å². The number of pyridine rings is 1. The summed E-state index contributed by atoms with van der Waals surface area (Å²) in [6.45, 7) is 5.16. The van der Waals surface area contributed by atoms with Crippen LogP contribution < -0.4 is 4.74 Å². The maximum atomic E-state index is 11.3. The van der Waals surface area contributed by atoms with Gasteiger partial charge in [-0.25, -0.2) is 9.78 Å². The number of rotatable bonds is 4. The Morgan fingerprint density at radius 3 is 2.55 bits per heavy atom. The maximum absolute atomic E-state index is 11.3. The van der Waals surface area contributed by atoms with E-state index in [1.165, 1.54) is 13.2 Å². The molecule has 0 radical (unpaired) electrons. The van der Waals surface area contributed by atoms with E-state index in [1.807, 2.05) is 0 Å². The zero-order valence-corrected chi connectivity index (χ0v) is 11.8. The molecule has 1 amide bonds. The molecule has 0 aliphatic heterocycles. The summed E-state index contributed by atoms with van der Waals surface area (Å²) >= 11 is 0. The summed E-state index contributed by atoms with van der Waals surface area (Å²) in [6, 6.07) is 1.27. The van der Waals surface area contributed by atoms with Gasteiger partial charge in [-0.1, -0.05) is 0 Å². The van der Waals surface area contributed by atoms with Crippen molar-refractivity contribution in [1.29, 1.82) is 0 Å².